The first-order valence-corrected chi connectivity index (χ1v) is 5.97. The summed E-state index contributed by atoms with van der Waals surface area (Å²) in [5, 5.41) is 3.24. The average molecular weight is 238 g/mol. The van der Waals surface area contributed by atoms with Crippen LogP contribution in [0, 0.1) is 0 Å². The predicted molar refractivity (Wildman–Crippen MR) is 68.8 cm³/mol. The molecule has 0 unspecified atom stereocenters. The van der Waals surface area contributed by atoms with Crippen LogP contribution in [0.5, 0.6) is 0 Å². The Kier molecular flexibility index (Phi) is 5.38. The largest absolute Gasteiger partial charge is 0.368 e. The molecule has 0 atom stereocenters. The molecule has 17 heavy (non-hydrogen) atoms. The number of nitrogens with one attached hydrogen (secondary N) is 1. The van der Waals surface area contributed by atoms with Crippen molar-refractivity contribution in [3.63, 3.8) is 0 Å². The van der Waals surface area contributed by atoms with Crippen molar-refractivity contribution in [1.29, 1.82) is 0 Å². The molecule has 0 aromatic heterocycles. The van der Waals surface area contributed by atoms with E-state index in [2.05, 4.69) is 18.5 Å². The van der Waals surface area contributed by atoms with Gasteiger partial charge in [-0.15, -0.1) is 13.2 Å². The minimum Gasteiger partial charge on any atom is -0.368 e. The number of hydrogen-bond donors (Lipinski definition) is 1. The average Bonchev–Trinajstić information content (AvgIpc) is 2.38. The van der Waals surface area contributed by atoms with Gasteiger partial charge in [-0.3, -0.25) is 4.79 Å². The quantitative estimate of drug-likeness (QED) is 0.701. The molecule has 0 aliphatic carbocycles. The molecule has 0 aromatic carbocycles. The maximum Gasteiger partial charge on any atom is 0.255 e. The minimum atomic E-state index is -0.669. The van der Waals surface area contributed by atoms with Gasteiger partial charge < -0.3 is 15.0 Å². The molecule has 96 valence electrons. The van der Waals surface area contributed by atoms with Crippen molar-refractivity contribution in [2.75, 3.05) is 33.3 Å². The molecule has 0 saturated carbocycles. The van der Waals surface area contributed by atoms with Crippen molar-refractivity contribution in [3.05, 3.63) is 25.3 Å². The Morgan fingerprint density at radius 3 is 2.29 bits per heavy atom. The van der Waals surface area contributed by atoms with Crippen LogP contribution in [0.3, 0.4) is 0 Å². The number of hydrogen-bond acceptors (Lipinski definition) is 3. The van der Waals surface area contributed by atoms with Crippen LogP contribution in [0.15, 0.2) is 25.3 Å². The van der Waals surface area contributed by atoms with Crippen LogP contribution in [0.4, 0.5) is 0 Å². The smallest absolute Gasteiger partial charge is 0.255 e. The highest BCUT2D eigenvalue weighted by molar-refractivity contribution is 5.85. The van der Waals surface area contributed by atoms with E-state index in [1.54, 1.807) is 24.2 Å². The van der Waals surface area contributed by atoms with Crippen LogP contribution in [-0.2, 0) is 9.53 Å². The predicted octanol–water partition coefficient (Wildman–Crippen LogP) is 0.956. The summed E-state index contributed by atoms with van der Waals surface area (Å²) >= 11 is 0. The summed E-state index contributed by atoms with van der Waals surface area (Å²) in [4.78, 5) is 14.2. The maximum absolute atomic E-state index is 12.5. The SMILES string of the molecule is C=CCN(CC=C)C(=O)C1(OC)CCNCC1. The zero-order chi connectivity index (χ0) is 12.7. The zero-order valence-electron chi connectivity index (χ0n) is 10.6. The maximum atomic E-state index is 12.5. The van der Waals surface area contributed by atoms with Gasteiger partial charge in [0.1, 0.15) is 5.60 Å². The number of methoxy groups -OCH3 is 1. The summed E-state index contributed by atoms with van der Waals surface area (Å²) in [5.74, 6) is 0.0429. The molecule has 1 amide bonds. The second-order valence-electron chi connectivity index (χ2n) is 4.24. The number of carbonyl (C=O) groups is 1. The van der Waals surface area contributed by atoms with E-state index in [9.17, 15) is 4.79 Å². The van der Waals surface area contributed by atoms with Gasteiger partial charge in [0.15, 0.2) is 0 Å². The molecule has 1 N–H and O–H groups in total. The highest BCUT2D eigenvalue weighted by Crippen LogP contribution is 2.25. The number of rotatable bonds is 6. The summed E-state index contributed by atoms with van der Waals surface area (Å²) in [6, 6.07) is 0. The van der Waals surface area contributed by atoms with Crippen molar-refractivity contribution in [1.82, 2.24) is 10.2 Å². The van der Waals surface area contributed by atoms with Crippen molar-refractivity contribution in [2.45, 2.75) is 18.4 Å². The van der Waals surface area contributed by atoms with E-state index in [-0.39, 0.29) is 5.91 Å². The lowest BCUT2D eigenvalue weighted by Crippen LogP contribution is -2.55. The van der Waals surface area contributed by atoms with E-state index in [1.165, 1.54) is 0 Å². The molecule has 0 radical (unpaired) electrons. The first-order valence-electron chi connectivity index (χ1n) is 5.97. The van der Waals surface area contributed by atoms with Crippen molar-refractivity contribution in [3.8, 4) is 0 Å². The second kappa shape index (κ2) is 6.57. The van der Waals surface area contributed by atoms with Gasteiger partial charge in [0.05, 0.1) is 0 Å². The van der Waals surface area contributed by atoms with E-state index in [1.807, 2.05) is 0 Å². The molecule has 1 aliphatic heterocycles. The first-order chi connectivity index (χ1) is 8.20. The summed E-state index contributed by atoms with van der Waals surface area (Å²) in [6.07, 6.45) is 4.89. The standard InChI is InChI=1S/C13H22N2O2/c1-4-10-15(11-5-2)12(16)13(17-3)6-8-14-9-7-13/h4-5,14H,1-2,6-11H2,3H3. The lowest BCUT2D eigenvalue weighted by molar-refractivity contribution is -0.157. The van der Waals surface area contributed by atoms with Crippen LogP contribution < -0.4 is 5.32 Å². The van der Waals surface area contributed by atoms with Gasteiger partial charge >= 0.3 is 0 Å². The lowest BCUT2D eigenvalue weighted by atomic mass is 9.90. The highest BCUT2D eigenvalue weighted by atomic mass is 16.5. The molecule has 0 spiro atoms. The monoisotopic (exact) mass is 238 g/mol. The van der Waals surface area contributed by atoms with Crippen molar-refractivity contribution < 1.29 is 9.53 Å². The lowest BCUT2D eigenvalue weighted by Gasteiger charge is -2.38. The Hall–Kier alpha value is -1.13. The fourth-order valence-corrected chi connectivity index (χ4v) is 2.18. The Labute approximate surface area is 103 Å². The van der Waals surface area contributed by atoms with E-state index >= 15 is 0 Å². The summed E-state index contributed by atoms with van der Waals surface area (Å²) in [6.45, 7) is 10.0. The fourth-order valence-electron chi connectivity index (χ4n) is 2.18. The third kappa shape index (κ3) is 3.17. The van der Waals surface area contributed by atoms with Crippen LogP contribution in [-0.4, -0.2) is 49.7 Å². The van der Waals surface area contributed by atoms with E-state index in [0.717, 1.165) is 13.1 Å². The van der Waals surface area contributed by atoms with E-state index in [4.69, 9.17) is 4.74 Å². The normalized spacial score (nSPS) is 18.4. The van der Waals surface area contributed by atoms with Gasteiger partial charge in [0, 0.05) is 20.2 Å². The molecule has 4 nitrogen and oxygen atoms in total. The Bertz CT molecular complexity index is 273. The van der Waals surface area contributed by atoms with E-state index < -0.39 is 5.60 Å². The molecule has 0 bridgehead atoms. The van der Waals surface area contributed by atoms with Crippen LogP contribution in [0.1, 0.15) is 12.8 Å². The van der Waals surface area contributed by atoms with Gasteiger partial charge in [-0.05, 0) is 25.9 Å². The molecular formula is C13H22N2O2. The zero-order valence-corrected chi connectivity index (χ0v) is 10.6. The van der Waals surface area contributed by atoms with Crippen molar-refractivity contribution >= 4 is 5.91 Å². The molecule has 1 heterocycles. The van der Waals surface area contributed by atoms with Gasteiger partial charge in [0.2, 0.25) is 0 Å². The van der Waals surface area contributed by atoms with E-state index in [0.29, 0.717) is 25.9 Å². The number of amides is 1. The summed E-state index contributed by atoms with van der Waals surface area (Å²) < 4.78 is 5.51. The van der Waals surface area contributed by atoms with Gasteiger partial charge in [-0.25, -0.2) is 0 Å². The Morgan fingerprint density at radius 1 is 1.35 bits per heavy atom. The molecule has 1 fully saturated rings. The first kappa shape index (κ1) is 13.9. The molecule has 0 aromatic rings. The van der Waals surface area contributed by atoms with Gasteiger partial charge in [0.25, 0.3) is 5.91 Å². The molecule has 4 heteroatoms. The number of nitrogens with zero attached hydrogens (tertiary/aromatic N) is 1. The van der Waals surface area contributed by atoms with Crippen LogP contribution in [0.25, 0.3) is 0 Å². The number of ether oxygens (including phenoxy) is 1. The molecular weight excluding hydrogens is 216 g/mol. The summed E-state index contributed by atoms with van der Waals surface area (Å²) in [7, 11) is 1.61. The van der Waals surface area contributed by atoms with Crippen LogP contribution in [0.2, 0.25) is 0 Å². The Balaban J connectivity index is 2.80. The topological polar surface area (TPSA) is 41.6 Å². The van der Waals surface area contributed by atoms with Gasteiger partial charge in [-0.2, -0.15) is 0 Å². The Morgan fingerprint density at radius 2 is 1.88 bits per heavy atom. The third-order valence-electron chi connectivity index (χ3n) is 3.18. The number of carbonyl (C=O) groups excluding carboxylic acids is 1. The second-order valence-corrected chi connectivity index (χ2v) is 4.24. The van der Waals surface area contributed by atoms with Crippen LogP contribution >= 0.6 is 0 Å². The molecule has 1 rings (SSSR count). The minimum absolute atomic E-state index is 0.0429. The fraction of sp³-hybridized carbons (Fsp3) is 0.615. The molecule has 1 aliphatic rings. The summed E-state index contributed by atoms with van der Waals surface area (Å²) in [5.41, 5.74) is -0.669. The molecule has 1 saturated heterocycles. The van der Waals surface area contributed by atoms with Gasteiger partial charge in [-0.1, -0.05) is 12.2 Å². The third-order valence-corrected chi connectivity index (χ3v) is 3.18. The van der Waals surface area contributed by atoms with Crippen molar-refractivity contribution in [2.24, 2.45) is 0 Å². The number of piperidine rings is 1. The highest BCUT2D eigenvalue weighted by Gasteiger charge is 2.41.